The molecule has 0 aliphatic heterocycles. The molecule has 342 valence electrons. The maximum atomic E-state index is 5.51. The van der Waals surface area contributed by atoms with E-state index in [0.29, 0.717) is 0 Å². The number of anilines is 3. The van der Waals surface area contributed by atoms with Gasteiger partial charge in [-0.15, -0.1) is 0 Å². The van der Waals surface area contributed by atoms with Crippen molar-refractivity contribution < 1.29 is 0 Å². The Morgan fingerprint density at radius 2 is 0.863 bits per heavy atom. The monoisotopic (exact) mass is 929 g/mol. The molecule has 13 aromatic rings. The molecule has 0 saturated carbocycles. The van der Waals surface area contributed by atoms with Crippen molar-refractivity contribution in [1.82, 2.24) is 9.61 Å². The Bertz CT molecular complexity index is 4130. The Hall–Kier alpha value is -9.57. The van der Waals surface area contributed by atoms with Crippen molar-refractivity contribution in [2.24, 2.45) is 0 Å². The van der Waals surface area contributed by atoms with Crippen molar-refractivity contribution >= 4 is 44.1 Å². The summed E-state index contributed by atoms with van der Waals surface area (Å²) in [6, 6.07) is 104. The molecule has 0 N–H and O–H groups in total. The van der Waals surface area contributed by atoms with Crippen LogP contribution < -0.4 is 4.90 Å². The van der Waals surface area contributed by atoms with Crippen LogP contribution in [0.25, 0.3) is 83.0 Å². The Balaban J connectivity index is 1.02. The number of pyridine rings is 1. The van der Waals surface area contributed by atoms with Crippen molar-refractivity contribution in [3.05, 3.63) is 307 Å². The fourth-order valence-electron chi connectivity index (χ4n) is 11.8. The molecule has 0 fully saturated rings. The van der Waals surface area contributed by atoms with E-state index in [1.807, 2.05) is 0 Å². The van der Waals surface area contributed by atoms with Crippen LogP contribution in [0.5, 0.6) is 0 Å². The summed E-state index contributed by atoms with van der Waals surface area (Å²) in [6.07, 6.45) is 0. The maximum absolute atomic E-state index is 5.51. The zero-order valence-electron chi connectivity index (χ0n) is 40.0. The molecule has 1 aliphatic carbocycles. The van der Waals surface area contributed by atoms with E-state index in [1.165, 1.54) is 55.3 Å². The predicted octanol–water partition coefficient (Wildman–Crippen LogP) is 18.1. The lowest BCUT2D eigenvalue weighted by molar-refractivity contribution is 0.768. The Morgan fingerprint density at radius 1 is 0.329 bits per heavy atom. The van der Waals surface area contributed by atoms with Gasteiger partial charge in [0, 0.05) is 39.1 Å². The lowest BCUT2D eigenvalue weighted by Gasteiger charge is -2.35. The van der Waals surface area contributed by atoms with Crippen molar-refractivity contribution in [1.29, 1.82) is 0 Å². The molecule has 0 unspecified atom stereocenters. The molecule has 0 amide bonds. The number of rotatable bonds is 9. The highest BCUT2D eigenvalue weighted by molar-refractivity contribution is 6.10. The number of hydrogen-bond acceptors (Lipinski definition) is 2. The molecule has 3 heteroatoms. The molecule has 0 bridgehead atoms. The van der Waals surface area contributed by atoms with Gasteiger partial charge in [0.1, 0.15) is 5.69 Å². The predicted molar refractivity (Wildman–Crippen MR) is 304 cm³/mol. The third-order valence-electron chi connectivity index (χ3n) is 15.0. The van der Waals surface area contributed by atoms with E-state index in [1.54, 1.807) is 0 Å². The molecule has 11 aromatic carbocycles. The molecule has 0 atom stereocenters. The first kappa shape index (κ1) is 42.3. The zero-order valence-corrected chi connectivity index (χ0v) is 40.0. The lowest BCUT2D eigenvalue weighted by atomic mass is 9.67. The van der Waals surface area contributed by atoms with Crippen LogP contribution in [0.4, 0.5) is 17.1 Å². The van der Waals surface area contributed by atoms with E-state index in [-0.39, 0.29) is 0 Å². The SMILES string of the molecule is c1ccc(-c2nn3c(-c4ccccc4)cc4cc(N(c5ccc(-c6ccc7ccccc7c6)cc5)c5ccc6c(c5)C(c5ccccc5)(c5ccccc5)c5ccccc5-6)ccc4c3c2-c2ccccc2)cc1. The fourth-order valence-corrected chi connectivity index (χ4v) is 11.8. The average Bonchev–Trinajstić information content (AvgIpc) is 4.04. The van der Waals surface area contributed by atoms with Crippen LogP contribution in [0.15, 0.2) is 285 Å². The highest BCUT2D eigenvalue weighted by Gasteiger charge is 2.46. The van der Waals surface area contributed by atoms with Crippen molar-refractivity contribution in [2.75, 3.05) is 4.90 Å². The van der Waals surface area contributed by atoms with Crippen LogP contribution in [0.3, 0.4) is 0 Å². The smallest absolute Gasteiger partial charge is 0.101 e. The minimum atomic E-state index is -0.554. The Kier molecular flexibility index (Phi) is 10.1. The third kappa shape index (κ3) is 6.93. The van der Waals surface area contributed by atoms with Gasteiger partial charge in [0.15, 0.2) is 0 Å². The molecule has 14 rings (SSSR count). The van der Waals surface area contributed by atoms with Gasteiger partial charge in [-0.2, -0.15) is 5.10 Å². The van der Waals surface area contributed by atoms with Crippen LogP contribution in [0.2, 0.25) is 0 Å². The average molecular weight is 930 g/mol. The van der Waals surface area contributed by atoms with Crippen LogP contribution >= 0.6 is 0 Å². The first-order valence-corrected chi connectivity index (χ1v) is 25.1. The number of nitrogens with zero attached hydrogens (tertiary/aromatic N) is 3. The summed E-state index contributed by atoms with van der Waals surface area (Å²) in [5, 5.41) is 10.2. The second kappa shape index (κ2) is 17.4. The van der Waals surface area contributed by atoms with E-state index in [0.717, 1.165) is 67.0 Å². The first-order chi connectivity index (χ1) is 36.2. The van der Waals surface area contributed by atoms with Crippen molar-refractivity contribution in [3.63, 3.8) is 0 Å². The second-order valence-electron chi connectivity index (χ2n) is 19.1. The van der Waals surface area contributed by atoms with Gasteiger partial charge in [-0.1, -0.05) is 237 Å². The van der Waals surface area contributed by atoms with Gasteiger partial charge < -0.3 is 4.90 Å². The van der Waals surface area contributed by atoms with Gasteiger partial charge >= 0.3 is 0 Å². The third-order valence-corrected chi connectivity index (χ3v) is 15.0. The van der Waals surface area contributed by atoms with E-state index < -0.39 is 5.41 Å². The summed E-state index contributed by atoms with van der Waals surface area (Å²) in [4.78, 5) is 2.45. The molecule has 2 heterocycles. The van der Waals surface area contributed by atoms with E-state index in [2.05, 4.69) is 295 Å². The summed E-state index contributed by atoms with van der Waals surface area (Å²) in [5.74, 6) is 0. The molecule has 2 aromatic heterocycles. The van der Waals surface area contributed by atoms with E-state index >= 15 is 0 Å². The van der Waals surface area contributed by atoms with E-state index in [9.17, 15) is 0 Å². The Morgan fingerprint density at radius 3 is 1.56 bits per heavy atom. The molecule has 0 spiro atoms. The van der Waals surface area contributed by atoms with E-state index in [4.69, 9.17) is 5.10 Å². The quantitative estimate of drug-likeness (QED) is 0.144. The minimum Gasteiger partial charge on any atom is -0.310 e. The summed E-state index contributed by atoms with van der Waals surface area (Å²) in [6.45, 7) is 0. The van der Waals surface area contributed by atoms with Gasteiger partial charge in [0.2, 0.25) is 0 Å². The summed E-state index contributed by atoms with van der Waals surface area (Å²) in [7, 11) is 0. The summed E-state index contributed by atoms with van der Waals surface area (Å²) < 4.78 is 2.18. The summed E-state index contributed by atoms with van der Waals surface area (Å²) >= 11 is 0. The molecular weight excluding hydrogens is 883 g/mol. The molecular formula is C70H47N3. The van der Waals surface area contributed by atoms with Gasteiger partial charge in [-0.05, 0) is 115 Å². The van der Waals surface area contributed by atoms with Crippen LogP contribution in [-0.4, -0.2) is 9.61 Å². The second-order valence-corrected chi connectivity index (χ2v) is 19.1. The van der Waals surface area contributed by atoms with Crippen molar-refractivity contribution in [3.8, 4) is 55.9 Å². The zero-order chi connectivity index (χ0) is 48.3. The fraction of sp³-hybridized carbons (Fsp3) is 0.0143. The Labute approximate surface area is 425 Å². The van der Waals surface area contributed by atoms with Crippen LogP contribution in [0.1, 0.15) is 22.3 Å². The number of aromatic nitrogens is 2. The topological polar surface area (TPSA) is 20.5 Å². The first-order valence-electron chi connectivity index (χ1n) is 25.1. The van der Waals surface area contributed by atoms with Gasteiger partial charge in [-0.25, -0.2) is 4.52 Å². The van der Waals surface area contributed by atoms with Gasteiger partial charge in [0.25, 0.3) is 0 Å². The molecule has 0 radical (unpaired) electrons. The number of fused-ring (bicyclic) bond motifs is 7. The number of benzene rings is 11. The van der Waals surface area contributed by atoms with Gasteiger partial charge in [-0.3, -0.25) is 0 Å². The molecule has 0 saturated heterocycles. The molecule has 3 nitrogen and oxygen atoms in total. The summed E-state index contributed by atoms with van der Waals surface area (Å²) in [5.41, 5.74) is 20.0. The van der Waals surface area contributed by atoms with Crippen LogP contribution in [-0.2, 0) is 5.41 Å². The largest absolute Gasteiger partial charge is 0.310 e. The van der Waals surface area contributed by atoms with Crippen molar-refractivity contribution in [2.45, 2.75) is 5.41 Å². The van der Waals surface area contributed by atoms with Crippen LogP contribution in [0, 0.1) is 0 Å². The molecule has 1 aliphatic rings. The lowest BCUT2D eigenvalue weighted by Crippen LogP contribution is -2.28. The standard InChI is InChI=1S/C70H47N3/c1-6-21-50(22-7-1)66-46-55-45-59(40-42-61(55)69-67(51-23-8-2-9-24-51)68(71-73(66)69)52-25-10-3-11-26-52)72(58-38-36-49(37-39-58)54-35-34-48-20-16-17-27-53(48)44-54)60-41-43-63-62-32-18-19-33-64(62)70(65(63)47-60,56-28-12-4-13-29-56)57-30-14-5-15-31-57/h1-47H. The molecule has 73 heavy (non-hydrogen) atoms. The number of hydrogen-bond donors (Lipinski definition) is 0. The highest BCUT2D eigenvalue weighted by Crippen LogP contribution is 2.57. The highest BCUT2D eigenvalue weighted by atomic mass is 15.2. The normalized spacial score (nSPS) is 12.5. The minimum absolute atomic E-state index is 0.554. The maximum Gasteiger partial charge on any atom is 0.101 e. The van der Waals surface area contributed by atoms with Gasteiger partial charge in [0.05, 0.1) is 16.6 Å².